The highest BCUT2D eigenvalue weighted by atomic mass is 16.5. The Morgan fingerprint density at radius 2 is 2.25 bits per heavy atom. The fourth-order valence-corrected chi connectivity index (χ4v) is 2.41. The number of ether oxygens (including phenoxy) is 1. The first-order valence-electron chi connectivity index (χ1n) is 6.13. The van der Waals surface area contributed by atoms with Gasteiger partial charge in [-0.1, -0.05) is 6.42 Å². The Morgan fingerprint density at radius 3 is 2.88 bits per heavy atom. The summed E-state index contributed by atoms with van der Waals surface area (Å²) in [5.41, 5.74) is 6.00. The molecule has 2 unspecified atom stereocenters. The summed E-state index contributed by atoms with van der Waals surface area (Å²) < 4.78 is 5.11. The van der Waals surface area contributed by atoms with Gasteiger partial charge in [0.15, 0.2) is 0 Å². The van der Waals surface area contributed by atoms with Gasteiger partial charge < -0.3 is 10.5 Å². The maximum absolute atomic E-state index is 8.66. The van der Waals surface area contributed by atoms with Gasteiger partial charge in [0.25, 0.3) is 0 Å². The van der Waals surface area contributed by atoms with Crippen molar-refractivity contribution in [3.63, 3.8) is 0 Å². The molecule has 2 atom stereocenters. The van der Waals surface area contributed by atoms with Crippen LogP contribution in [0.5, 0.6) is 0 Å². The SMILES string of the molecule is COCCN(CCC#N)C1CCCC(N)C1. The molecule has 16 heavy (non-hydrogen) atoms. The van der Waals surface area contributed by atoms with E-state index >= 15 is 0 Å². The Hall–Kier alpha value is -0.630. The zero-order valence-electron chi connectivity index (χ0n) is 10.2. The third-order valence-electron chi connectivity index (χ3n) is 3.30. The highest BCUT2D eigenvalue weighted by Gasteiger charge is 2.24. The molecule has 0 aromatic carbocycles. The van der Waals surface area contributed by atoms with Gasteiger partial charge in [0.05, 0.1) is 12.7 Å². The van der Waals surface area contributed by atoms with E-state index in [1.54, 1.807) is 7.11 Å². The fourth-order valence-electron chi connectivity index (χ4n) is 2.41. The highest BCUT2D eigenvalue weighted by molar-refractivity contribution is 4.84. The summed E-state index contributed by atoms with van der Waals surface area (Å²) in [6.07, 6.45) is 5.22. The molecule has 1 aliphatic rings. The molecule has 0 spiro atoms. The average molecular weight is 225 g/mol. The minimum Gasteiger partial charge on any atom is -0.383 e. The van der Waals surface area contributed by atoms with Gasteiger partial charge in [0.2, 0.25) is 0 Å². The molecule has 0 saturated heterocycles. The quantitative estimate of drug-likeness (QED) is 0.736. The van der Waals surface area contributed by atoms with Crippen LogP contribution in [0.3, 0.4) is 0 Å². The second-order valence-corrected chi connectivity index (χ2v) is 4.52. The molecule has 1 saturated carbocycles. The van der Waals surface area contributed by atoms with E-state index in [9.17, 15) is 0 Å². The summed E-state index contributed by atoms with van der Waals surface area (Å²) in [6.45, 7) is 2.49. The predicted octanol–water partition coefficient (Wildman–Crippen LogP) is 1.12. The van der Waals surface area contributed by atoms with Gasteiger partial charge in [0.1, 0.15) is 0 Å². The fraction of sp³-hybridized carbons (Fsp3) is 0.917. The molecule has 0 aliphatic heterocycles. The van der Waals surface area contributed by atoms with Crippen molar-refractivity contribution in [2.24, 2.45) is 5.73 Å². The number of nitriles is 1. The lowest BCUT2D eigenvalue weighted by Gasteiger charge is -2.36. The van der Waals surface area contributed by atoms with E-state index in [0.717, 1.165) is 32.5 Å². The first-order chi connectivity index (χ1) is 7.77. The van der Waals surface area contributed by atoms with Crippen LogP contribution in [0.25, 0.3) is 0 Å². The monoisotopic (exact) mass is 225 g/mol. The molecule has 1 aliphatic carbocycles. The molecular weight excluding hydrogens is 202 g/mol. The van der Waals surface area contributed by atoms with Gasteiger partial charge in [-0.15, -0.1) is 0 Å². The van der Waals surface area contributed by atoms with Crippen molar-refractivity contribution in [2.45, 2.75) is 44.2 Å². The van der Waals surface area contributed by atoms with Crippen molar-refractivity contribution in [1.82, 2.24) is 4.90 Å². The lowest BCUT2D eigenvalue weighted by atomic mass is 9.90. The summed E-state index contributed by atoms with van der Waals surface area (Å²) in [5.74, 6) is 0. The van der Waals surface area contributed by atoms with E-state index in [1.165, 1.54) is 12.8 Å². The second-order valence-electron chi connectivity index (χ2n) is 4.52. The largest absolute Gasteiger partial charge is 0.383 e. The zero-order chi connectivity index (χ0) is 11.8. The van der Waals surface area contributed by atoms with E-state index in [0.29, 0.717) is 18.5 Å². The number of nitrogens with zero attached hydrogens (tertiary/aromatic N) is 2. The zero-order valence-corrected chi connectivity index (χ0v) is 10.2. The molecule has 0 aromatic heterocycles. The van der Waals surface area contributed by atoms with E-state index in [2.05, 4.69) is 11.0 Å². The van der Waals surface area contributed by atoms with Crippen LogP contribution in [0.1, 0.15) is 32.1 Å². The van der Waals surface area contributed by atoms with Gasteiger partial charge >= 0.3 is 0 Å². The van der Waals surface area contributed by atoms with Crippen LogP contribution in [0.15, 0.2) is 0 Å². The summed E-state index contributed by atoms with van der Waals surface area (Å²) in [7, 11) is 1.72. The molecule has 0 aromatic rings. The van der Waals surface area contributed by atoms with Gasteiger partial charge in [0, 0.05) is 38.7 Å². The molecule has 92 valence electrons. The van der Waals surface area contributed by atoms with E-state index in [-0.39, 0.29) is 0 Å². The third-order valence-corrected chi connectivity index (χ3v) is 3.30. The molecule has 0 amide bonds. The van der Waals surface area contributed by atoms with Gasteiger partial charge in [-0.05, 0) is 19.3 Å². The van der Waals surface area contributed by atoms with Gasteiger partial charge in [-0.25, -0.2) is 0 Å². The van der Waals surface area contributed by atoms with Crippen LogP contribution in [0.4, 0.5) is 0 Å². The minimum absolute atomic E-state index is 0.339. The average Bonchev–Trinajstić information content (AvgIpc) is 2.29. The Labute approximate surface area is 98.4 Å². The van der Waals surface area contributed by atoms with Crippen molar-refractivity contribution < 1.29 is 4.74 Å². The van der Waals surface area contributed by atoms with Crippen LogP contribution < -0.4 is 5.73 Å². The first-order valence-corrected chi connectivity index (χ1v) is 6.13. The normalized spacial score (nSPS) is 25.6. The lowest BCUT2D eigenvalue weighted by Crippen LogP contribution is -2.44. The third kappa shape index (κ3) is 4.48. The molecule has 0 bridgehead atoms. The number of rotatable bonds is 6. The van der Waals surface area contributed by atoms with Crippen molar-refractivity contribution >= 4 is 0 Å². The molecule has 1 fully saturated rings. The highest BCUT2D eigenvalue weighted by Crippen LogP contribution is 2.22. The summed E-state index contributed by atoms with van der Waals surface area (Å²) in [5, 5.41) is 8.66. The smallest absolute Gasteiger partial charge is 0.0635 e. The number of methoxy groups -OCH3 is 1. The maximum atomic E-state index is 8.66. The first kappa shape index (κ1) is 13.4. The van der Waals surface area contributed by atoms with Crippen LogP contribution in [0, 0.1) is 11.3 Å². The number of hydrogen-bond acceptors (Lipinski definition) is 4. The van der Waals surface area contributed by atoms with Crippen molar-refractivity contribution in [3.05, 3.63) is 0 Å². The Balaban J connectivity index is 2.42. The molecule has 4 nitrogen and oxygen atoms in total. The summed E-state index contributed by atoms with van der Waals surface area (Å²) in [4.78, 5) is 2.37. The second kappa shape index (κ2) is 7.61. The Morgan fingerprint density at radius 1 is 1.44 bits per heavy atom. The maximum Gasteiger partial charge on any atom is 0.0635 e. The van der Waals surface area contributed by atoms with Crippen LogP contribution in [-0.4, -0.2) is 43.8 Å². The van der Waals surface area contributed by atoms with Crippen LogP contribution in [-0.2, 0) is 4.74 Å². The topological polar surface area (TPSA) is 62.3 Å². The predicted molar refractivity (Wildman–Crippen MR) is 63.9 cm³/mol. The van der Waals surface area contributed by atoms with Gasteiger partial charge in [-0.3, -0.25) is 4.90 Å². The van der Waals surface area contributed by atoms with E-state index < -0.39 is 0 Å². The van der Waals surface area contributed by atoms with E-state index in [4.69, 9.17) is 15.7 Å². The van der Waals surface area contributed by atoms with Crippen LogP contribution >= 0.6 is 0 Å². The van der Waals surface area contributed by atoms with Gasteiger partial charge in [-0.2, -0.15) is 5.26 Å². The molecule has 1 rings (SSSR count). The van der Waals surface area contributed by atoms with Crippen molar-refractivity contribution in [2.75, 3.05) is 26.8 Å². The van der Waals surface area contributed by atoms with E-state index in [1.807, 2.05) is 0 Å². The summed E-state index contributed by atoms with van der Waals surface area (Å²) >= 11 is 0. The number of nitrogens with two attached hydrogens (primary N) is 1. The summed E-state index contributed by atoms with van der Waals surface area (Å²) in [6, 6.07) is 3.10. The van der Waals surface area contributed by atoms with Crippen LogP contribution in [0.2, 0.25) is 0 Å². The molecule has 0 radical (unpaired) electrons. The lowest BCUT2D eigenvalue weighted by molar-refractivity contribution is 0.0998. The standard InChI is InChI=1S/C12H23N3O/c1-16-9-8-15(7-3-6-13)12-5-2-4-11(14)10-12/h11-12H,2-5,7-10,14H2,1H3. The molecule has 0 heterocycles. The molecule has 4 heteroatoms. The molecule has 2 N–H and O–H groups in total. The minimum atomic E-state index is 0.339. The Bertz CT molecular complexity index is 227. The van der Waals surface area contributed by atoms with Crippen molar-refractivity contribution in [3.8, 4) is 6.07 Å². The number of hydrogen-bond donors (Lipinski definition) is 1. The Kier molecular flexibility index (Phi) is 6.39. The van der Waals surface area contributed by atoms with Crippen molar-refractivity contribution in [1.29, 1.82) is 5.26 Å². The molecular formula is C12H23N3O.